The number of nitrogens with zero attached hydrogens (tertiary/aromatic N) is 1. The number of allylic oxidation sites excluding steroid dienone is 2. The van der Waals surface area contributed by atoms with Crippen molar-refractivity contribution in [3.63, 3.8) is 0 Å². The fourth-order valence-electron chi connectivity index (χ4n) is 3.27. The van der Waals surface area contributed by atoms with Crippen LogP contribution in [0.3, 0.4) is 0 Å². The lowest BCUT2D eigenvalue weighted by Crippen LogP contribution is -2.33. The minimum Gasteiger partial charge on any atom is -0.463 e. The van der Waals surface area contributed by atoms with Crippen LogP contribution in [0.2, 0.25) is 0 Å². The molecule has 0 amide bonds. The Morgan fingerprint density at radius 2 is 1.67 bits per heavy atom. The van der Waals surface area contributed by atoms with E-state index in [-0.39, 0.29) is 13.2 Å². The summed E-state index contributed by atoms with van der Waals surface area (Å²) in [6.45, 7) is 7.56. The van der Waals surface area contributed by atoms with Crippen LogP contribution in [0.5, 0.6) is 0 Å². The van der Waals surface area contributed by atoms with Crippen molar-refractivity contribution in [2.75, 3.05) is 13.2 Å². The van der Waals surface area contributed by atoms with Crippen molar-refractivity contribution >= 4 is 11.9 Å². The molecule has 0 fully saturated rings. The van der Waals surface area contributed by atoms with Crippen molar-refractivity contribution in [3.8, 4) is 6.07 Å². The summed E-state index contributed by atoms with van der Waals surface area (Å²) in [4.78, 5) is 25.5. The number of hydrogen-bond acceptors (Lipinski definition) is 6. The van der Waals surface area contributed by atoms with Gasteiger partial charge in [-0.05, 0) is 38.8 Å². The predicted octanol–water partition coefficient (Wildman–Crippen LogP) is 3.31. The second-order valence-electron chi connectivity index (χ2n) is 5.98. The average molecular weight is 368 g/mol. The molecule has 1 unspecified atom stereocenters. The SMILES string of the molecule is CCOC(=O)C1=C(C)NC(CC)=C(C(=O)OCC)C1c1ccccc1C#N. The monoisotopic (exact) mass is 368 g/mol. The molecule has 0 saturated heterocycles. The van der Waals surface area contributed by atoms with Gasteiger partial charge in [0.25, 0.3) is 0 Å². The number of nitrogens with one attached hydrogen (secondary N) is 1. The lowest BCUT2D eigenvalue weighted by Gasteiger charge is -2.31. The van der Waals surface area contributed by atoms with Crippen LogP contribution < -0.4 is 5.32 Å². The van der Waals surface area contributed by atoms with Gasteiger partial charge in [-0.25, -0.2) is 9.59 Å². The molecule has 1 aromatic rings. The molecule has 1 atom stereocenters. The number of hydrogen-bond donors (Lipinski definition) is 1. The molecule has 2 rings (SSSR count). The molecule has 6 heteroatoms. The molecule has 1 aliphatic heterocycles. The molecule has 27 heavy (non-hydrogen) atoms. The minimum atomic E-state index is -0.727. The molecule has 0 saturated carbocycles. The Kier molecular flexibility index (Phi) is 6.78. The lowest BCUT2D eigenvalue weighted by atomic mass is 9.78. The van der Waals surface area contributed by atoms with Gasteiger partial charge in [0.1, 0.15) is 0 Å². The number of dihydropyridines is 1. The molecule has 6 nitrogen and oxygen atoms in total. The normalized spacial score (nSPS) is 16.5. The fourth-order valence-corrected chi connectivity index (χ4v) is 3.27. The molecule has 1 aromatic carbocycles. The maximum absolute atomic E-state index is 12.8. The molecule has 1 aliphatic rings. The molecular weight excluding hydrogens is 344 g/mol. The molecule has 1 heterocycles. The summed E-state index contributed by atoms with van der Waals surface area (Å²) in [7, 11) is 0. The second-order valence-corrected chi connectivity index (χ2v) is 5.98. The van der Waals surface area contributed by atoms with E-state index in [9.17, 15) is 14.9 Å². The van der Waals surface area contributed by atoms with E-state index in [1.165, 1.54) is 0 Å². The number of carbonyl (C=O) groups excluding carboxylic acids is 2. The summed E-state index contributed by atoms with van der Waals surface area (Å²) in [5.41, 5.74) is 2.93. The third-order valence-electron chi connectivity index (χ3n) is 4.38. The number of nitriles is 1. The molecule has 142 valence electrons. The highest BCUT2D eigenvalue weighted by Gasteiger charge is 2.39. The molecule has 0 bridgehead atoms. The standard InChI is InChI=1S/C21H24N2O4/c1-5-16-19(21(25)27-7-3)18(15-11-9-8-10-14(15)12-22)17(13(4)23-16)20(24)26-6-2/h8-11,18,23H,5-7H2,1-4H3. The van der Waals surface area contributed by atoms with E-state index in [1.54, 1.807) is 45.0 Å². The predicted molar refractivity (Wildman–Crippen MR) is 100 cm³/mol. The smallest absolute Gasteiger partial charge is 0.336 e. The van der Waals surface area contributed by atoms with Gasteiger partial charge in [-0.15, -0.1) is 0 Å². The zero-order valence-electron chi connectivity index (χ0n) is 16.1. The van der Waals surface area contributed by atoms with Gasteiger partial charge in [-0.2, -0.15) is 5.26 Å². The summed E-state index contributed by atoms with van der Waals surface area (Å²) in [5.74, 6) is -1.75. The van der Waals surface area contributed by atoms with Gasteiger partial charge < -0.3 is 14.8 Å². The van der Waals surface area contributed by atoms with Crippen LogP contribution in [0.1, 0.15) is 51.2 Å². The minimum absolute atomic E-state index is 0.210. The van der Waals surface area contributed by atoms with E-state index in [1.807, 2.05) is 6.92 Å². The second kappa shape index (κ2) is 9.04. The third-order valence-corrected chi connectivity index (χ3v) is 4.38. The molecule has 0 radical (unpaired) electrons. The first-order valence-electron chi connectivity index (χ1n) is 9.04. The largest absolute Gasteiger partial charge is 0.463 e. The number of esters is 2. The van der Waals surface area contributed by atoms with Crippen LogP contribution >= 0.6 is 0 Å². The van der Waals surface area contributed by atoms with Gasteiger partial charge in [0, 0.05) is 11.4 Å². The van der Waals surface area contributed by atoms with Crippen molar-refractivity contribution in [1.82, 2.24) is 5.32 Å². The summed E-state index contributed by atoms with van der Waals surface area (Å²) in [6, 6.07) is 9.11. The highest BCUT2D eigenvalue weighted by molar-refractivity contribution is 6.00. The maximum atomic E-state index is 12.8. The van der Waals surface area contributed by atoms with Crippen LogP contribution in [-0.4, -0.2) is 25.2 Å². The van der Waals surface area contributed by atoms with E-state index in [2.05, 4.69) is 11.4 Å². The van der Waals surface area contributed by atoms with Gasteiger partial charge in [0.15, 0.2) is 0 Å². The fraction of sp³-hybridized carbons (Fsp3) is 0.381. The Labute approximate surface area is 159 Å². The highest BCUT2D eigenvalue weighted by atomic mass is 16.5. The van der Waals surface area contributed by atoms with Gasteiger partial charge >= 0.3 is 11.9 Å². The van der Waals surface area contributed by atoms with Crippen LogP contribution in [0.25, 0.3) is 0 Å². The van der Waals surface area contributed by atoms with E-state index < -0.39 is 17.9 Å². The third kappa shape index (κ3) is 4.03. The van der Waals surface area contributed by atoms with E-state index in [0.717, 1.165) is 0 Å². The van der Waals surface area contributed by atoms with Crippen LogP contribution in [0.15, 0.2) is 46.8 Å². The van der Waals surface area contributed by atoms with Crippen molar-refractivity contribution in [2.45, 2.75) is 40.0 Å². The zero-order valence-corrected chi connectivity index (χ0v) is 16.1. The van der Waals surface area contributed by atoms with Crippen LogP contribution in [-0.2, 0) is 19.1 Å². The van der Waals surface area contributed by atoms with E-state index in [4.69, 9.17) is 9.47 Å². The lowest BCUT2D eigenvalue weighted by molar-refractivity contribution is -0.139. The van der Waals surface area contributed by atoms with Gasteiger partial charge in [0.2, 0.25) is 0 Å². The maximum Gasteiger partial charge on any atom is 0.336 e. The molecular formula is C21H24N2O4. The highest BCUT2D eigenvalue weighted by Crippen LogP contribution is 2.41. The van der Waals surface area contributed by atoms with E-state index >= 15 is 0 Å². The van der Waals surface area contributed by atoms with Gasteiger partial charge in [0.05, 0.1) is 41.9 Å². The first-order valence-corrected chi connectivity index (χ1v) is 9.04. The molecule has 0 aromatic heterocycles. The van der Waals surface area contributed by atoms with Crippen molar-refractivity contribution in [2.24, 2.45) is 0 Å². The van der Waals surface area contributed by atoms with Gasteiger partial charge in [-0.1, -0.05) is 25.1 Å². The van der Waals surface area contributed by atoms with E-state index in [0.29, 0.717) is 40.1 Å². The Balaban J connectivity index is 2.77. The Morgan fingerprint density at radius 3 is 2.22 bits per heavy atom. The molecule has 0 spiro atoms. The molecule has 1 N–H and O–H groups in total. The summed E-state index contributed by atoms with van der Waals surface area (Å²) < 4.78 is 10.5. The average Bonchev–Trinajstić information content (AvgIpc) is 2.67. The Hall–Kier alpha value is -3.07. The first kappa shape index (κ1) is 20.2. The first-order chi connectivity index (χ1) is 13.0. The van der Waals surface area contributed by atoms with Crippen molar-refractivity contribution in [1.29, 1.82) is 5.26 Å². The van der Waals surface area contributed by atoms with Crippen LogP contribution in [0, 0.1) is 11.3 Å². The van der Waals surface area contributed by atoms with Crippen molar-refractivity contribution in [3.05, 3.63) is 57.9 Å². The summed E-state index contributed by atoms with van der Waals surface area (Å²) in [6.07, 6.45) is 0.548. The van der Waals surface area contributed by atoms with Gasteiger partial charge in [-0.3, -0.25) is 0 Å². The number of ether oxygens (including phenoxy) is 2. The Bertz CT molecular complexity index is 846. The number of rotatable bonds is 6. The zero-order chi connectivity index (χ0) is 20.0. The topological polar surface area (TPSA) is 88.4 Å². The number of carbonyl (C=O) groups is 2. The van der Waals surface area contributed by atoms with Crippen LogP contribution in [0.4, 0.5) is 0 Å². The quantitative estimate of drug-likeness (QED) is 0.775. The number of benzene rings is 1. The van der Waals surface area contributed by atoms with Crippen molar-refractivity contribution < 1.29 is 19.1 Å². The molecule has 0 aliphatic carbocycles. The Morgan fingerprint density at radius 1 is 1.07 bits per heavy atom. The summed E-state index contributed by atoms with van der Waals surface area (Å²) in [5, 5.41) is 12.7. The summed E-state index contributed by atoms with van der Waals surface area (Å²) >= 11 is 0.